The Balaban J connectivity index is 1.14. The monoisotopic (exact) mass is 481 g/mol. The van der Waals surface area contributed by atoms with E-state index in [0.29, 0.717) is 17.0 Å². The molecular weight excluding hydrogens is 450 g/mol. The Bertz CT molecular complexity index is 1170. The number of fused-ring (bicyclic) bond motifs is 1. The van der Waals surface area contributed by atoms with Crippen molar-refractivity contribution in [2.75, 3.05) is 32.4 Å². The van der Waals surface area contributed by atoms with Gasteiger partial charge in [0.05, 0.1) is 21.3 Å². The standard InChI is InChI=1S/C25H31N5OS2/c1-16-22(31-15-27-16)24(26)29(4)32-10-6-9-30-13-21-12-25(21,14-30)20-8-5-7-19(11-20)23-17(2)28-18(3)33-23/h5,7-8,11,15,21,26H,6,9-10,12-14H2,1-4H3/t21-,25+/m1/s1. The van der Waals surface area contributed by atoms with E-state index >= 15 is 0 Å². The van der Waals surface area contributed by atoms with Gasteiger partial charge in [-0.15, -0.1) is 11.3 Å². The summed E-state index contributed by atoms with van der Waals surface area (Å²) in [6.07, 6.45) is 3.83. The van der Waals surface area contributed by atoms with E-state index in [2.05, 4.69) is 53.0 Å². The number of piperidine rings is 1. The number of amidine groups is 1. The predicted octanol–water partition coefficient (Wildman–Crippen LogP) is 5.29. The highest BCUT2D eigenvalue weighted by molar-refractivity contribution is 7.97. The van der Waals surface area contributed by atoms with Crippen LogP contribution in [0, 0.1) is 32.1 Å². The highest BCUT2D eigenvalue weighted by atomic mass is 32.2. The van der Waals surface area contributed by atoms with E-state index in [1.807, 2.05) is 18.3 Å². The molecule has 0 spiro atoms. The summed E-state index contributed by atoms with van der Waals surface area (Å²) in [5.41, 5.74) is 5.07. The van der Waals surface area contributed by atoms with Crippen LogP contribution >= 0.6 is 23.3 Å². The number of hydrogen-bond donors (Lipinski definition) is 1. The number of oxazole rings is 1. The molecule has 1 N–H and O–H groups in total. The number of rotatable bonds is 8. The lowest BCUT2D eigenvalue weighted by Gasteiger charge is -2.22. The molecule has 0 bridgehead atoms. The Labute approximate surface area is 204 Å². The summed E-state index contributed by atoms with van der Waals surface area (Å²) in [6, 6.07) is 9.21. The second-order valence-corrected chi connectivity index (χ2v) is 11.7. The van der Waals surface area contributed by atoms with Crippen molar-refractivity contribution in [3.05, 3.63) is 58.4 Å². The van der Waals surface area contributed by atoms with Gasteiger partial charge in [0.15, 0.2) is 18.0 Å². The third kappa shape index (κ3) is 4.36. The van der Waals surface area contributed by atoms with Crippen molar-refractivity contribution in [3.63, 3.8) is 0 Å². The first kappa shape index (κ1) is 22.6. The van der Waals surface area contributed by atoms with Crippen LogP contribution in [-0.4, -0.2) is 57.4 Å². The summed E-state index contributed by atoms with van der Waals surface area (Å²) in [5.74, 6) is 2.70. The molecule has 3 aromatic rings. The van der Waals surface area contributed by atoms with Crippen LogP contribution in [0.4, 0.5) is 0 Å². The minimum atomic E-state index is 0.347. The van der Waals surface area contributed by atoms with Crippen LogP contribution in [0.15, 0.2) is 35.1 Å². The van der Waals surface area contributed by atoms with Gasteiger partial charge in [0, 0.05) is 31.3 Å². The summed E-state index contributed by atoms with van der Waals surface area (Å²) in [6.45, 7) is 9.55. The van der Waals surface area contributed by atoms with Crippen LogP contribution in [0.25, 0.3) is 10.4 Å². The molecular formula is C25H31N5OS2. The molecule has 3 heterocycles. The van der Waals surface area contributed by atoms with Crippen LogP contribution in [0.3, 0.4) is 0 Å². The number of thiazole rings is 1. The van der Waals surface area contributed by atoms with E-state index in [1.54, 1.807) is 23.3 Å². The second-order valence-electron chi connectivity index (χ2n) is 9.32. The number of aromatic nitrogens is 2. The van der Waals surface area contributed by atoms with E-state index in [0.717, 1.165) is 47.6 Å². The molecule has 5 rings (SSSR count). The van der Waals surface area contributed by atoms with E-state index in [4.69, 9.17) is 9.83 Å². The van der Waals surface area contributed by atoms with Gasteiger partial charge in [-0.2, -0.15) is 0 Å². The van der Waals surface area contributed by atoms with Crippen molar-refractivity contribution < 1.29 is 4.42 Å². The highest BCUT2D eigenvalue weighted by Gasteiger charge is 2.60. The Kier molecular flexibility index (Phi) is 6.09. The predicted molar refractivity (Wildman–Crippen MR) is 136 cm³/mol. The lowest BCUT2D eigenvalue weighted by atomic mass is 9.93. The van der Waals surface area contributed by atoms with Crippen molar-refractivity contribution in [1.82, 2.24) is 19.2 Å². The first-order chi connectivity index (χ1) is 15.9. The molecule has 8 heteroatoms. The molecule has 1 aliphatic carbocycles. The van der Waals surface area contributed by atoms with Crippen molar-refractivity contribution in [2.45, 2.75) is 39.0 Å². The molecule has 0 amide bonds. The SMILES string of the molecule is Cc1nc(C)c(-c2cccc([C@@]34C[C@@H]3CN(CCCSN(C)C(=N)c3ocnc3C)C4)c2)s1. The number of likely N-dealkylation sites (tertiary alicyclic amines) is 1. The fourth-order valence-corrected chi connectivity index (χ4v) is 6.86. The van der Waals surface area contributed by atoms with E-state index in [9.17, 15) is 0 Å². The lowest BCUT2D eigenvalue weighted by molar-refractivity contribution is 0.299. The van der Waals surface area contributed by atoms with Crippen molar-refractivity contribution in [2.24, 2.45) is 5.92 Å². The molecule has 0 radical (unpaired) electrons. The fourth-order valence-electron chi connectivity index (χ4n) is 5.20. The molecule has 2 aromatic heterocycles. The van der Waals surface area contributed by atoms with Gasteiger partial charge in [-0.3, -0.25) is 5.41 Å². The molecule has 33 heavy (non-hydrogen) atoms. The lowest BCUT2D eigenvalue weighted by Crippen LogP contribution is -2.28. The zero-order chi connectivity index (χ0) is 23.2. The smallest absolute Gasteiger partial charge is 0.192 e. The highest BCUT2D eigenvalue weighted by Crippen LogP contribution is 2.59. The van der Waals surface area contributed by atoms with Gasteiger partial charge in [-0.1, -0.05) is 18.2 Å². The van der Waals surface area contributed by atoms with Gasteiger partial charge in [-0.05, 0) is 75.2 Å². The average Bonchev–Trinajstić information content (AvgIpc) is 3.09. The molecule has 2 aliphatic rings. The summed E-state index contributed by atoms with van der Waals surface area (Å²) in [7, 11) is 1.92. The number of nitrogens with zero attached hydrogens (tertiary/aromatic N) is 4. The Morgan fingerprint density at radius 3 is 2.91 bits per heavy atom. The molecule has 2 fully saturated rings. The van der Waals surface area contributed by atoms with E-state index in [1.165, 1.54) is 35.4 Å². The fraction of sp³-hybridized carbons (Fsp3) is 0.480. The number of hydrogen-bond acceptors (Lipinski definition) is 7. The quantitative estimate of drug-likeness (QED) is 0.204. The normalized spacial score (nSPS) is 21.9. The van der Waals surface area contributed by atoms with Gasteiger partial charge in [0.1, 0.15) is 0 Å². The summed E-state index contributed by atoms with van der Waals surface area (Å²) < 4.78 is 7.23. The maximum Gasteiger partial charge on any atom is 0.192 e. The maximum atomic E-state index is 8.30. The zero-order valence-electron chi connectivity index (χ0n) is 19.7. The van der Waals surface area contributed by atoms with Gasteiger partial charge in [0.25, 0.3) is 0 Å². The maximum absolute atomic E-state index is 8.30. The number of nitrogens with one attached hydrogen (secondary N) is 1. The second kappa shape index (κ2) is 8.89. The molecule has 6 nitrogen and oxygen atoms in total. The van der Waals surface area contributed by atoms with Crippen LogP contribution in [-0.2, 0) is 5.41 Å². The molecule has 1 aliphatic heterocycles. The summed E-state index contributed by atoms with van der Waals surface area (Å²) in [4.78, 5) is 12.7. The van der Waals surface area contributed by atoms with E-state index in [-0.39, 0.29) is 0 Å². The molecule has 0 unspecified atom stereocenters. The number of aryl methyl sites for hydroxylation is 3. The first-order valence-corrected chi connectivity index (χ1v) is 13.3. The molecule has 1 aromatic carbocycles. The third-order valence-electron chi connectivity index (χ3n) is 7.00. The molecule has 1 saturated carbocycles. The van der Waals surface area contributed by atoms with Gasteiger partial charge in [-0.25, -0.2) is 9.97 Å². The summed E-state index contributed by atoms with van der Waals surface area (Å²) >= 11 is 3.47. The Morgan fingerprint density at radius 1 is 1.33 bits per heavy atom. The Morgan fingerprint density at radius 2 is 2.18 bits per heavy atom. The largest absolute Gasteiger partial charge is 0.440 e. The van der Waals surface area contributed by atoms with Gasteiger partial charge < -0.3 is 13.6 Å². The third-order valence-corrected chi connectivity index (χ3v) is 9.16. The van der Waals surface area contributed by atoms with Crippen LogP contribution in [0.5, 0.6) is 0 Å². The minimum Gasteiger partial charge on any atom is -0.440 e. The average molecular weight is 482 g/mol. The number of benzene rings is 1. The minimum absolute atomic E-state index is 0.347. The van der Waals surface area contributed by atoms with Crippen LogP contribution in [0.2, 0.25) is 0 Å². The van der Waals surface area contributed by atoms with Crippen molar-refractivity contribution in [3.8, 4) is 10.4 Å². The van der Waals surface area contributed by atoms with Gasteiger partial charge in [0.2, 0.25) is 0 Å². The zero-order valence-corrected chi connectivity index (χ0v) is 21.4. The van der Waals surface area contributed by atoms with E-state index < -0.39 is 0 Å². The van der Waals surface area contributed by atoms with Crippen molar-refractivity contribution >= 4 is 29.1 Å². The molecule has 2 atom stereocenters. The Hall–Kier alpha value is -2.16. The molecule has 1 saturated heterocycles. The topological polar surface area (TPSA) is 69.2 Å². The summed E-state index contributed by atoms with van der Waals surface area (Å²) in [5, 5.41) is 9.44. The molecule has 174 valence electrons. The first-order valence-electron chi connectivity index (χ1n) is 11.5. The van der Waals surface area contributed by atoms with Crippen LogP contribution < -0.4 is 0 Å². The van der Waals surface area contributed by atoms with Crippen LogP contribution in [0.1, 0.15) is 40.6 Å². The van der Waals surface area contributed by atoms with Gasteiger partial charge >= 0.3 is 0 Å². The van der Waals surface area contributed by atoms with Crippen molar-refractivity contribution in [1.29, 1.82) is 5.41 Å².